The first-order valence-corrected chi connectivity index (χ1v) is 11.3. The number of alkyl halides is 3. The third-order valence-electron chi connectivity index (χ3n) is 1.84. The molecule has 1 aliphatic rings. The molecule has 1 saturated heterocycles. The van der Waals surface area contributed by atoms with Gasteiger partial charge in [0.25, 0.3) is 0 Å². The summed E-state index contributed by atoms with van der Waals surface area (Å²) in [4.78, 5) is 0. The van der Waals surface area contributed by atoms with E-state index in [9.17, 15) is 0 Å². The molecule has 0 aromatic carbocycles. The van der Waals surface area contributed by atoms with Gasteiger partial charge in [0.1, 0.15) is 0 Å². The van der Waals surface area contributed by atoms with Crippen molar-refractivity contribution in [2.75, 3.05) is 12.6 Å². The maximum absolute atomic E-state index is 2.52. The predicted molar refractivity (Wildman–Crippen MR) is 66.1 cm³/mol. The van der Waals surface area contributed by atoms with Gasteiger partial charge in [-0.25, -0.2) is 0 Å². The fourth-order valence-electron chi connectivity index (χ4n) is 1.18. The standard InChI is InChI=1S/C8H15I2S2/c9-7-10-5-2-1-3-8-4-6-11-12-8/h8H,1-7H2/q-1/t8-/m0/s1. The van der Waals surface area contributed by atoms with Crippen LogP contribution in [0.15, 0.2) is 0 Å². The Balaban J connectivity index is 1.81. The van der Waals surface area contributed by atoms with E-state index in [2.05, 4.69) is 44.2 Å². The molecule has 1 rings (SSSR count). The van der Waals surface area contributed by atoms with Crippen LogP contribution in [-0.4, -0.2) is 17.9 Å². The van der Waals surface area contributed by atoms with Gasteiger partial charge in [0.2, 0.25) is 0 Å². The Kier molecular flexibility index (Phi) is 8.63. The van der Waals surface area contributed by atoms with Crippen LogP contribution in [0.3, 0.4) is 0 Å². The summed E-state index contributed by atoms with van der Waals surface area (Å²) in [5.41, 5.74) is 0. The molecule has 1 fully saturated rings. The average molecular weight is 429 g/mol. The second-order valence-corrected chi connectivity index (χ2v) is 12.2. The molecule has 0 aliphatic carbocycles. The number of hydrogen-bond donors (Lipinski definition) is 0. The van der Waals surface area contributed by atoms with E-state index in [0.29, 0.717) is 21.2 Å². The Morgan fingerprint density at radius 3 is 3.00 bits per heavy atom. The van der Waals surface area contributed by atoms with Gasteiger partial charge in [0.15, 0.2) is 0 Å². The molecule has 0 radical (unpaired) electrons. The van der Waals surface area contributed by atoms with Crippen LogP contribution in [-0.2, 0) is 0 Å². The number of halogens is 2. The summed E-state index contributed by atoms with van der Waals surface area (Å²) >= 11 is 3.10. The van der Waals surface area contributed by atoms with Gasteiger partial charge in [0.05, 0.1) is 0 Å². The minimum atomic E-state index is 0.577. The Morgan fingerprint density at radius 2 is 2.33 bits per heavy atom. The molecule has 0 N–H and O–H groups in total. The van der Waals surface area contributed by atoms with E-state index in [1.165, 1.54) is 33.9 Å². The minimum absolute atomic E-state index is 0.577. The van der Waals surface area contributed by atoms with Crippen molar-refractivity contribution in [3.05, 3.63) is 0 Å². The van der Waals surface area contributed by atoms with Crippen LogP contribution in [0.1, 0.15) is 25.7 Å². The van der Waals surface area contributed by atoms with Crippen molar-refractivity contribution in [1.82, 2.24) is 0 Å². The van der Waals surface area contributed by atoms with Crippen molar-refractivity contribution in [2.45, 2.75) is 30.9 Å². The molecule has 0 nitrogen and oxygen atoms in total. The van der Waals surface area contributed by atoms with Crippen molar-refractivity contribution in [3.63, 3.8) is 0 Å². The average Bonchev–Trinajstić information content (AvgIpc) is 2.57. The quantitative estimate of drug-likeness (QED) is 0.265. The van der Waals surface area contributed by atoms with Gasteiger partial charge < -0.3 is 0 Å². The van der Waals surface area contributed by atoms with Crippen LogP contribution >= 0.6 is 44.2 Å². The van der Waals surface area contributed by atoms with Crippen molar-refractivity contribution in [3.8, 4) is 0 Å². The summed E-state index contributed by atoms with van der Waals surface area (Å²) in [5, 5.41) is 1.01. The molecule has 12 heavy (non-hydrogen) atoms. The second-order valence-electron chi connectivity index (χ2n) is 2.80. The van der Waals surface area contributed by atoms with E-state index in [1.54, 1.807) is 4.43 Å². The summed E-state index contributed by atoms with van der Waals surface area (Å²) < 4.78 is 3.01. The molecule has 0 amide bonds. The number of rotatable bonds is 6. The van der Waals surface area contributed by atoms with E-state index in [1.807, 2.05) is 0 Å². The summed E-state index contributed by atoms with van der Waals surface area (Å²) in [7, 11) is 4.20. The molecule has 74 valence electrons. The SMILES string of the molecule is IC[I-]CCCC[C@H]1CCSS1. The fraction of sp³-hybridized carbons (Fsp3) is 1.00. The Bertz CT molecular complexity index is 105. The first kappa shape index (κ1) is 12.2. The monoisotopic (exact) mass is 429 g/mol. The molecule has 4 heteroatoms. The van der Waals surface area contributed by atoms with Crippen LogP contribution in [0.5, 0.6) is 0 Å². The van der Waals surface area contributed by atoms with Gasteiger partial charge in [-0.15, -0.1) is 0 Å². The summed E-state index contributed by atoms with van der Waals surface area (Å²) in [5.74, 6) is 1.40. The van der Waals surface area contributed by atoms with E-state index in [-0.39, 0.29) is 0 Å². The first-order valence-electron chi connectivity index (χ1n) is 4.31. The molecule has 1 aliphatic heterocycles. The van der Waals surface area contributed by atoms with Crippen LogP contribution in [0.25, 0.3) is 0 Å². The van der Waals surface area contributed by atoms with E-state index >= 15 is 0 Å². The molecule has 0 aromatic heterocycles. The van der Waals surface area contributed by atoms with E-state index in [0.717, 1.165) is 5.25 Å². The number of unbranched alkanes of at least 4 members (excludes halogenated alkanes) is 1. The van der Waals surface area contributed by atoms with Gasteiger partial charge in [-0.2, -0.15) is 0 Å². The van der Waals surface area contributed by atoms with Crippen LogP contribution in [0.2, 0.25) is 0 Å². The molecule has 0 aromatic rings. The molecule has 0 bridgehead atoms. The molecule has 0 unspecified atom stereocenters. The fourth-order valence-corrected chi connectivity index (χ4v) is 7.50. The second kappa shape index (κ2) is 8.47. The predicted octanol–water partition coefficient (Wildman–Crippen LogP) is 0.792. The van der Waals surface area contributed by atoms with Crippen LogP contribution < -0.4 is 21.2 Å². The van der Waals surface area contributed by atoms with E-state index < -0.39 is 0 Å². The first-order chi connectivity index (χ1) is 5.93. The number of hydrogen-bond acceptors (Lipinski definition) is 2. The summed E-state index contributed by atoms with van der Waals surface area (Å²) in [6.45, 7) is 0. The maximum atomic E-state index is 2.52. The van der Waals surface area contributed by atoms with Crippen LogP contribution in [0.4, 0.5) is 0 Å². The zero-order valence-electron chi connectivity index (χ0n) is 7.10. The summed E-state index contributed by atoms with van der Waals surface area (Å²) in [6.07, 6.45) is 5.96. The Hall–Kier alpha value is 2.16. The summed E-state index contributed by atoms with van der Waals surface area (Å²) in [6, 6.07) is 0. The zero-order valence-corrected chi connectivity index (χ0v) is 13.0. The third kappa shape index (κ3) is 5.80. The van der Waals surface area contributed by atoms with Gasteiger partial charge in [-0.1, -0.05) is 0 Å². The topological polar surface area (TPSA) is 0 Å². The van der Waals surface area contributed by atoms with Crippen molar-refractivity contribution < 1.29 is 21.2 Å². The molecule has 1 atom stereocenters. The van der Waals surface area contributed by atoms with Gasteiger partial charge in [0, 0.05) is 0 Å². The van der Waals surface area contributed by atoms with Crippen molar-refractivity contribution in [1.29, 1.82) is 0 Å². The molecule has 1 heterocycles. The third-order valence-corrected chi connectivity index (χ3v) is 9.52. The Labute approximate surface area is 108 Å². The molecule has 0 saturated carbocycles. The zero-order chi connectivity index (χ0) is 8.65. The van der Waals surface area contributed by atoms with Crippen molar-refractivity contribution >= 4 is 44.2 Å². The van der Waals surface area contributed by atoms with Crippen molar-refractivity contribution in [2.24, 2.45) is 0 Å². The van der Waals surface area contributed by atoms with Gasteiger partial charge >= 0.3 is 109 Å². The van der Waals surface area contributed by atoms with Gasteiger partial charge in [-0.05, 0) is 0 Å². The molecule has 0 spiro atoms. The van der Waals surface area contributed by atoms with E-state index in [4.69, 9.17) is 0 Å². The molecular formula is C8H15I2S2-. The van der Waals surface area contributed by atoms with Gasteiger partial charge in [-0.3, -0.25) is 0 Å². The van der Waals surface area contributed by atoms with Crippen LogP contribution in [0, 0.1) is 0 Å². The normalized spacial score (nSPS) is 23.6. The molecular weight excluding hydrogens is 414 g/mol. The Morgan fingerprint density at radius 1 is 1.42 bits per heavy atom.